The number of carbonyl (C=O) groups excluding carboxylic acids is 1. The molecule has 0 radical (unpaired) electrons. The fraction of sp³-hybridized carbons (Fsp3) is 0.867. The lowest BCUT2D eigenvalue weighted by Gasteiger charge is -2.23. The fourth-order valence-electron chi connectivity index (χ4n) is 2.20. The van der Waals surface area contributed by atoms with Gasteiger partial charge >= 0.3 is 12.0 Å². The number of carboxylic acid groups (broad SMARTS) is 1. The summed E-state index contributed by atoms with van der Waals surface area (Å²) in [6.45, 7) is 9.47. The Bertz CT molecular complexity index is 305. The average Bonchev–Trinajstić information content (AvgIpc) is 2.33. The molecule has 2 amide bonds. The van der Waals surface area contributed by atoms with Gasteiger partial charge in [-0.05, 0) is 24.2 Å². The Balaban J connectivity index is 4.24. The highest BCUT2D eigenvalue weighted by atomic mass is 16.4. The van der Waals surface area contributed by atoms with Crippen molar-refractivity contribution in [1.82, 2.24) is 10.2 Å². The van der Waals surface area contributed by atoms with Crippen LogP contribution in [0, 0.1) is 17.8 Å². The lowest BCUT2D eigenvalue weighted by atomic mass is 9.94. The van der Waals surface area contributed by atoms with Gasteiger partial charge in [0.25, 0.3) is 0 Å². The highest BCUT2D eigenvalue weighted by Crippen LogP contribution is 2.15. The van der Waals surface area contributed by atoms with E-state index >= 15 is 0 Å². The van der Waals surface area contributed by atoms with Crippen LogP contribution >= 0.6 is 0 Å². The van der Waals surface area contributed by atoms with Crippen LogP contribution in [0.3, 0.4) is 0 Å². The monoisotopic (exact) mass is 286 g/mol. The van der Waals surface area contributed by atoms with Crippen LogP contribution in [0.25, 0.3) is 0 Å². The molecule has 0 aliphatic rings. The van der Waals surface area contributed by atoms with Gasteiger partial charge in [-0.15, -0.1) is 0 Å². The number of carboxylic acids is 1. The van der Waals surface area contributed by atoms with E-state index in [9.17, 15) is 9.59 Å². The molecule has 5 nitrogen and oxygen atoms in total. The molecular formula is C15H30N2O3. The van der Waals surface area contributed by atoms with Crippen LogP contribution in [0.2, 0.25) is 0 Å². The summed E-state index contributed by atoms with van der Waals surface area (Å²) >= 11 is 0. The van der Waals surface area contributed by atoms with E-state index in [2.05, 4.69) is 33.0 Å². The largest absolute Gasteiger partial charge is 0.481 e. The van der Waals surface area contributed by atoms with Crippen LogP contribution < -0.4 is 5.32 Å². The van der Waals surface area contributed by atoms with Gasteiger partial charge in [-0.2, -0.15) is 0 Å². The topological polar surface area (TPSA) is 69.6 Å². The second-order valence-electron chi connectivity index (χ2n) is 6.17. The molecule has 0 spiro atoms. The Morgan fingerprint density at radius 3 is 2.30 bits per heavy atom. The van der Waals surface area contributed by atoms with E-state index in [-0.39, 0.29) is 18.4 Å². The maximum atomic E-state index is 11.9. The maximum absolute atomic E-state index is 11.9. The highest BCUT2D eigenvalue weighted by molar-refractivity contribution is 5.74. The quantitative estimate of drug-likeness (QED) is 0.684. The molecule has 0 rings (SSSR count). The normalized spacial score (nSPS) is 13.9. The molecule has 5 heteroatoms. The smallest absolute Gasteiger partial charge is 0.317 e. The molecule has 0 saturated carbocycles. The molecule has 0 aliphatic heterocycles. The molecule has 20 heavy (non-hydrogen) atoms. The SMILES string of the molecule is CCC(C)CN(C)C(=O)NCC(CC(=O)O)CC(C)C. The summed E-state index contributed by atoms with van der Waals surface area (Å²) in [6, 6.07) is -0.121. The standard InChI is InChI=1S/C15H30N2O3/c1-6-12(4)10-17(5)15(20)16-9-13(7-11(2)3)8-14(18)19/h11-13H,6-10H2,1-5H3,(H,16,20)(H,18,19). The first-order chi connectivity index (χ1) is 9.26. The summed E-state index contributed by atoms with van der Waals surface area (Å²) in [5.41, 5.74) is 0. The lowest BCUT2D eigenvalue weighted by molar-refractivity contribution is -0.138. The van der Waals surface area contributed by atoms with Crippen molar-refractivity contribution in [2.75, 3.05) is 20.1 Å². The molecular weight excluding hydrogens is 256 g/mol. The minimum atomic E-state index is -0.808. The van der Waals surface area contributed by atoms with Gasteiger partial charge < -0.3 is 15.3 Å². The zero-order valence-electron chi connectivity index (χ0n) is 13.5. The molecule has 0 saturated heterocycles. The molecule has 118 valence electrons. The van der Waals surface area contributed by atoms with Crippen LogP contribution in [0.5, 0.6) is 0 Å². The summed E-state index contributed by atoms with van der Waals surface area (Å²) in [6.07, 6.45) is 1.95. The number of carbonyl (C=O) groups is 2. The van der Waals surface area contributed by atoms with Crippen molar-refractivity contribution in [3.8, 4) is 0 Å². The number of nitrogens with one attached hydrogen (secondary N) is 1. The second-order valence-corrected chi connectivity index (χ2v) is 6.17. The fourth-order valence-corrected chi connectivity index (χ4v) is 2.20. The summed E-state index contributed by atoms with van der Waals surface area (Å²) in [7, 11) is 1.77. The third-order valence-electron chi connectivity index (χ3n) is 3.44. The summed E-state index contributed by atoms with van der Waals surface area (Å²) in [5.74, 6) is 0.0802. The summed E-state index contributed by atoms with van der Waals surface area (Å²) < 4.78 is 0. The molecule has 0 aromatic carbocycles. The van der Waals surface area contributed by atoms with E-state index in [1.54, 1.807) is 11.9 Å². The van der Waals surface area contributed by atoms with Gasteiger partial charge in [0.05, 0.1) is 0 Å². The van der Waals surface area contributed by atoms with Crippen molar-refractivity contribution in [2.24, 2.45) is 17.8 Å². The van der Waals surface area contributed by atoms with Crippen molar-refractivity contribution in [3.05, 3.63) is 0 Å². The molecule has 2 N–H and O–H groups in total. The number of aliphatic carboxylic acids is 1. The lowest BCUT2D eigenvalue weighted by Crippen LogP contribution is -2.41. The second kappa shape index (κ2) is 9.61. The van der Waals surface area contributed by atoms with E-state index in [0.29, 0.717) is 18.4 Å². The molecule has 0 aromatic rings. The first-order valence-corrected chi connectivity index (χ1v) is 7.46. The number of nitrogens with zero attached hydrogens (tertiary/aromatic N) is 1. The molecule has 0 fully saturated rings. The van der Waals surface area contributed by atoms with Crippen molar-refractivity contribution < 1.29 is 14.7 Å². The van der Waals surface area contributed by atoms with Crippen LogP contribution in [0.1, 0.15) is 47.0 Å². The molecule has 0 bridgehead atoms. The van der Waals surface area contributed by atoms with Crippen LogP contribution in [-0.4, -0.2) is 42.1 Å². The number of urea groups is 1. The van der Waals surface area contributed by atoms with Gasteiger partial charge in [0.2, 0.25) is 0 Å². The predicted molar refractivity (Wildman–Crippen MR) is 80.7 cm³/mol. The van der Waals surface area contributed by atoms with Crippen molar-refractivity contribution in [2.45, 2.75) is 47.0 Å². The number of hydrogen-bond donors (Lipinski definition) is 2. The maximum Gasteiger partial charge on any atom is 0.317 e. The van der Waals surface area contributed by atoms with Crippen molar-refractivity contribution in [1.29, 1.82) is 0 Å². The molecule has 0 aromatic heterocycles. The van der Waals surface area contributed by atoms with E-state index in [4.69, 9.17) is 5.11 Å². The summed E-state index contributed by atoms with van der Waals surface area (Å²) in [5, 5.41) is 11.7. The predicted octanol–water partition coefficient (Wildman–Crippen LogP) is 2.81. The van der Waals surface area contributed by atoms with E-state index in [1.807, 2.05) is 0 Å². The average molecular weight is 286 g/mol. The van der Waals surface area contributed by atoms with Crippen LogP contribution in [-0.2, 0) is 4.79 Å². The zero-order valence-corrected chi connectivity index (χ0v) is 13.5. The molecule has 0 heterocycles. The van der Waals surface area contributed by atoms with Gasteiger partial charge in [-0.25, -0.2) is 4.79 Å². The first-order valence-electron chi connectivity index (χ1n) is 7.46. The highest BCUT2D eigenvalue weighted by Gasteiger charge is 2.17. The van der Waals surface area contributed by atoms with Crippen LogP contribution in [0.4, 0.5) is 4.79 Å². The number of hydrogen-bond acceptors (Lipinski definition) is 2. The number of rotatable bonds is 9. The van der Waals surface area contributed by atoms with Gasteiger partial charge in [0.15, 0.2) is 0 Å². The molecule has 2 atom stereocenters. The Hall–Kier alpha value is -1.26. The molecule has 0 aliphatic carbocycles. The molecule has 2 unspecified atom stereocenters. The van der Waals surface area contributed by atoms with E-state index in [1.165, 1.54) is 0 Å². The van der Waals surface area contributed by atoms with Crippen molar-refractivity contribution >= 4 is 12.0 Å². The Morgan fingerprint density at radius 2 is 1.85 bits per heavy atom. The van der Waals surface area contributed by atoms with Gasteiger partial charge in [0, 0.05) is 26.6 Å². The Morgan fingerprint density at radius 1 is 1.25 bits per heavy atom. The first kappa shape index (κ1) is 18.7. The number of amides is 2. The summed E-state index contributed by atoms with van der Waals surface area (Å²) in [4.78, 5) is 24.4. The van der Waals surface area contributed by atoms with Gasteiger partial charge in [-0.3, -0.25) is 4.79 Å². The van der Waals surface area contributed by atoms with E-state index in [0.717, 1.165) is 19.4 Å². The third-order valence-corrected chi connectivity index (χ3v) is 3.44. The minimum absolute atomic E-state index is 0.00607. The Kier molecular flexibility index (Phi) is 9.01. The van der Waals surface area contributed by atoms with Crippen LogP contribution in [0.15, 0.2) is 0 Å². The third kappa shape index (κ3) is 8.77. The minimum Gasteiger partial charge on any atom is -0.481 e. The van der Waals surface area contributed by atoms with Gasteiger partial charge in [-0.1, -0.05) is 34.1 Å². The Labute approximate surface area is 122 Å². The zero-order chi connectivity index (χ0) is 15.7. The van der Waals surface area contributed by atoms with E-state index < -0.39 is 5.97 Å². The van der Waals surface area contributed by atoms with Gasteiger partial charge in [0.1, 0.15) is 0 Å². The van der Waals surface area contributed by atoms with Crippen molar-refractivity contribution in [3.63, 3.8) is 0 Å².